The third-order valence-electron chi connectivity index (χ3n) is 4.63. The highest BCUT2D eigenvalue weighted by Crippen LogP contribution is 2.32. The van der Waals surface area contributed by atoms with Crippen LogP contribution < -0.4 is 15.4 Å². The number of urea groups is 1. The second kappa shape index (κ2) is 8.33. The van der Waals surface area contributed by atoms with Crippen molar-refractivity contribution in [2.24, 2.45) is 0 Å². The molecule has 1 fully saturated rings. The summed E-state index contributed by atoms with van der Waals surface area (Å²) in [6, 6.07) is 4.16. The van der Waals surface area contributed by atoms with Crippen molar-refractivity contribution in [2.45, 2.75) is 17.9 Å². The fraction of sp³-hybridized carbons (Fsp3) is 0.529. The van der Waals surface area contributed by atoms with Crippen LogP contribution in [0.2, 0.25) is 0 Å². The third-order valence-corrected chi connectivity index (χ3v) is 6.52. The van der Waals surface area contributed by atoms with Gasteiger partial charge in [0.15, 0.2) is 6.10 Å². The standard InChI is InChI=1S/C17H24N4O6S/c1-12-16(22)19-14-11-13(3-4-15(14)27-12)28(24,25)21-8-6-20(7-9-21)17(23)18-5-10-26-2/h3-4,11-12H,5-10H2,1-2H3,(H,18,23)(H,19,22)/t12-/m0/s1. The number of benzene rings is 1. The van der Waals surface area contributed by atoms with Crippen LogP contribution >= 0.6 is 0 Å². The highest BCUT2D eigenvalue weighted by Gasteiger charge is 2.32. The fourth-order valence-electron chi connectivity index (χ4n) is 3.00. The first-order valence-corrected chi connectivity index (χ1v) is 10.4. The van der Waals surface area contributed by atoms with E-state index in [1.165, 1.54) is 22.5 Å². The predicted octanol–water partition coefficient (Wildman–Crippen LogP) is 0.0683. The van der Waals surface area contributed by atoms with Crippen LogP contribution in [-0.2, 0) is 19.6 Å². The molecule has 2 heterocycles. The zero-order chi connectivity index (χ0) is 20.3. The van der Waals surface area contributed by atoms with E-state index in [0.29, 0.717) is 37.7 Å². The molecule has 0 unspecified atom stereocenters. The number of methoxy groups -OCH3 is 1. The van der Waals surface area contributed by atoms with E-state index in [9.17, 15) is 18.0 Å². The van der Waals surface area contributed by atoms with Crippen molar-refractivity contribution < 1.29 is 27.5 Å². The number of amides is 3. The van der Waals surface area contributed by atoms with Gasteiger partial charge in [0.25, 0.3) is 5.91 Å². The number of hydrogen-bond donors (Lipinski definition) is 2. The Morgan fingerprint density at radius 2 is 2.04 bits per heavy atom. The van der Waals surface area contributed by atoms with Crippen molar-refractivity contribution >= 4 is 27.6 Å². The molecule has 154 valence electrons. The number of nitrogens with zero attached hydrogens (tertiary/aromatic N) is 2. The molecule has 2 aliphatic heterocycles. The molecule has 3 amide bonds. The van der Waals surface area contributed by atoms with Crippen LogP contribution in [0.3, 0.4) is 0 Å². The number of nitrogens with one attached hydrogen (secondary N) is 2. The second-order valence-electron chi connectivity index (χ2n) is 6.52. The Hall–Kier alpha value is -2.37. The summed E-state index contributed by atoms with van der Waals surface area (Å²) in [5.41, 5.74) is 0.334. The molecular formula is C17H24N4O6S. The third kappa shape index (κ3) is 4.21. The minimum atomic E-state index is -3.75. The van der Waals surface area contributed by atoms with Crippen LogP contribution in [-0.4, -0.2) is 82.1 Å². The lowest BCUT2D eigenvalue weighted by atomic mass is 10.2. The monoisotopic (exact) mass is 412 g/mol. The van der Waals surface area contributed by atoms with Crippen molar-refractivity contribution in [3.05, 3.63) is 18.2 Å². The summed E-state index contributed by atoms with van der Waals surface area (Å²) in [5.74, 6) is 0.110. The van der Waals surface area contributed by atoms with Crippen molar-refractivity contribution in [1.82, 2.24) is 14.5 Å². The number of hydrogen-bond acceptors (Lipinski definition) is 6. The highest BCUT2D eigenvalue weighted by atomic mass is 32.2. The van der Waals surface area contributed by atoms with E-state index in [4.69, 9.17) is 9.47 Å². The Balaban J connectivity index is 1.65. The van der Waals surface area contributed by atoms with Gasteiger partial charge in [-0.1, -0.05) is 0 Å². The van der Waals surface area contributed by atoms with Gasteiger partial charge in [-0.05, 0) is 25.1 Å². The quantitative estimate of drug-likeness (QED) is 0.661. The Labute approximate surface area is 163 Å². The van der Waals surface area contributed by atoms with Crippen molar-refractivity contribution in [3.8, 4) is 5.75 Å². The SMILES string of the molecule is COCCNC(=O)N1CCN(S(=O)(=O)c2ccc3c(c2)NC(=O)[C@H](C)O3)CC1. The number of fused-ring (bicyclic) bond motifs is 1. The molecular weight excluding hydrogens is 388 g/mol. The van der Waals surface area contributed by atoms with Gasteiger partial charge in [-0.25, -0.2) is 13.2 Å². The summed E-state index contributed by atoms with van der Waals surface area (Å²) in [5, 5.41) is 5.37. The number of ether oxygens (including phenoxy) is 2. The molecule has 2 aliphatic rings. The normalized spacial score (nSPS) is 20.1. The van der Waals surface area contributed by atoms with Crippen LogP contribution in [0, 0.1) is 0 Å². The largest absolute Gasteiger partial charge is 0.479 e. The molecule has 1 aromatic rings. The van der Waals surface area contributed by atoms with Crippen molar-refractivity contribution in [3.63, 3.8) is 0 Å². The van der Waals surface area contributed by atoms with E-state index in [0.717, 1.165) is 0 Å². The van der Waals surface area contributed by atoms with Crippen molar-refractivity contribution in [2.75, 3.05) is 51.8 Å². The van der Waals surface area contributed by atoms with E-state index in [1.54, 1.807) is 18.9 Å². The summed E-state index contributed by atoms with van der Waals surface area (Å²) < 4.78 is 37.6. The Bertz CT molecular complexity index is 851. The maximum atomic E-state index is 12.9. The summed E-state index contributed by atoms with van der Waals surface area (Å²) >= 11 is 0. The van der Waals surface area contributed by atoms with Crippen LogP contribution in [0.1, 0.15) is 6.92 Å². The van der Waals surface area contributed by atoms with Gasteiger partial charge in [-0.2, -0.15) is 4.31 Å². The summed E-state index contributed by atoms with van der Waals surface area (Å²) in [7, 11) is -2.20. The lowest BCUT2D eigenvalue weighted by molar-refractivity contribution is -0.122. The molecule has 0 aromatic heterocycles. The average Bonchev–Trinajstić information content (AvgIpc) is 2.68. The number of rotatable bonds is 5. The molecule has 1 saturated heterocycles. The molecule has 28 heavy (non-hydrogen) atoms. The van der Waals surface area contributed by atoms with E-state index in [-0.39, 0.29) is 29.9 Å². The van der Waals surface area contributed by atoms with E-state index in [1.807, 2.05) is 0 Å². The highest BCUT2D eigenvalue weighted by molar-refractivity contribution is 7.89. The maximum absolute atomic E-state index is 12.9. The number of piperazine rings is 1. The minimum absolute atomic E-state index is 0.0719. The lowest BCUT2D eigenvalue weighted by Crippen LogP contribution is -2.53. The van der Waals surface area contributed by atoms with Gasteiger partial charge in [0.2, 0.25) is 10.0 Å². The van der Waals surface area contributed by atoms with Crippen LogP contribution in [0.15, 0.2) is 23.1 Å². The van der Waals surface area contributed by atoms with Gasteiger partial charge >= 0.3 is 6.03 Å². The fourth-order valence-corrected chi connectivity index (χ4v) is 4.45. The minimum Gasteiger partial charge on any atom is -0.479 e. The summed E-state index contributed by atoms with van der Waals surface area (Å²) in [6.07, 6.45) is -0.627. The first-order chi connectivity index (χ1) is 13.3. The van der Waals surface area contributed by atoms with Crippen LogP contribution in [0.25, 0.3) is 0 Å². The Morgan fingerprint density at radius 3 is 2.71 bits per heavy atom. The van der Waals surface area contributed by atoms with Gasteiger partial charge in [-0.15, -0.1) is 0 Å². The summed E-state index contributed by atoms with van der Waals surface area (Å²) in [6.45, 7) is 3.40. The van der Waals surface area contributed by atoms with Crippen molar-refractivity contribution in [1.29, 1.82) is 0 Å². The Morgan fingerprint density at radius 1 is 1.32 bits per heavy atom. The van der Waals surface area contributed by atoms with Gasteiger partial charge < -0.3 is 25.0 Å². The zero-order valence-corrected chi connectivity index (χ0v) is 16.6. The smallest absolute Gasteiger partial charge is 0.317 e. The molecule has 0 bridgehead atoms. The first kappa shape index (κ1) is 20.4. The number of carbonyl (C=O) groups excluding carboxylic acids is 2. The predicted molar refractivity (Wildman–Crippen MR) is 101 cm³/mol. The van der Waals surface area contributed by atoms with E-state index < -0.39 is 16.1 Å². The molecule has 3 rings (SSSR count). The second-order valence-corrected chi connectivity index (χ2v) is 8.46. The molecule has 0 spiro atoms. The topological polar surface area (TPSA) is 117 Å². The maximum Gasteiger partial charge on any atom is 0.317 e. The van der Waals surface area contributed by atoms with Gasteiger partial charge in [0.05, 0.1) is 17.2 Å². The number of sulfonamides is 1. The van der Waals surface area contributed by atoms with E-state index >= 15 is 0 Å². The number of anilines is 1. The van der Waals surface area contributed by atoms with Gasteiger partial charge in [0, 0.05) is 39.8 Å². The van der Waals surface area contributed by atoms with E-state index in [2.05, 4.69) is 10.6 Å². The van der Waals surface area contributed by atoms with Gasteiger partial charge in [-0.3, -0.25) is 4.79 Å². The first-order valence-electron chi connectivity index (χ1n) is 8.96. The van der Waals surface area contributed by atoms with Crippen LogP contribution in [0.5, 0.6) is 5.75 Å². The average molecular weight is 412 g/mol. The molecule has 0 aliphatic carbocycles. The molecule has 2 N–H and O–H groups in total. The molecule has 0 radical (unpaired) electrons. The molecule has 11 heteroatoms. The van der Waals surface area contributed by atoms with Gasteiger partial charge in [0.1, 0.15) is 5.75 Å². The van der Waals surface area contributed by atoms with Crippen LogP contribution in [0.4, 0.5) is 10.5 Å². The summed E-state index contributed by atoms with van der Waals surface area (Å²) in [4.78, 5) is 25.5. The Kier molecular flexibility index (Phi) is 6.06. The zero-order valence-electron chi connectivity index (χ0n) is 15.8. The molecule has 10 nitrogen and oxygen atoms in total. The number of carbonyl (C=O) groups is 2. The molecule has 1 aromatic carbocycles. The lowest BCUT2D eigenvalue weighted by Gasteiger charge is -2.34. The molecule has 0 saturated carbocycles. The molecule has 1 atom stereocenters.